The normalized spacial score (nSPS) is 14.7. The Morgan fingerprint density at radius 1 is 0.943 bits per heavy atom. The largest absolute Gasteiger partial charge is 0.345 e. The minimum atomic E-state index is -3.73. The van der Waals surface area contributed by atoms with E-state index in [9.17, 15) is 18.0 Å². The average molecular weight is 491 g/mol. The molecule has 1 saturated heterocycles. The number of carbonyl (C=O) groups is 2. The summed E-state index contributed by atoms with van der Waals surface area (Å²) in [6.07, 6.45) is 6.10. The number of hydrogen-bond acceptors (Lipinski definition) is 6. The highest BCUT2D eigenvalue weighted by molar-refractivity contribution is 7.89. The van der Waals surface area contributed by atoms with Gasteiger partial charge in [0.05, 0.1) is 5.56 Å². The topological polar surface area (TPSA) is 128 Å². The van der Waals surface area contributed by atoms with E-state index in [0.29, 0.717) is 27.8 Å². The molecule has 0 radical (unpaired) electrons. The molecule has 0 aliphatic carbocycles. The van der Waals surface area contributed by atoms with Gasteiger partial charge in [-0.3, -0.25) is 14.6 Å². The molecule has 4 heterocycles. The summed E-state index contributed by atoms with van der Waals surface area (Å²) in [5.41, 5.74) is 1.81. The second kappa shape index (κ2) is 9.28. The zero-order chi connectivity index (χ0) is 24.4. The van der Waals surface area contributed by atoms with Crippen molar-refractivity contribution in [3.05, 3.63) is 84.4 Å². The molecule has 35 heavy (non-hydrogen) atoms. The molecule has 0 unspecified atom stereocenters. The van der Waals surface area contributed by atoms with Gasteiger partial charge < -0.3 is 15.2 Å². The predicted molar refractivity (Wildman–Crippen MR) is 129 cm³/mol. The van der Waals surface area contributed by atoms with Crippen molar-refractivity contribution in [2.24, 2.45) is 0 Å². The standard InChI is InChI=1S/C24H22N6O4S/c31-23(18-5-2-8-25-15-18)28-19-6-1-4-17(14-19)24(32)29-10-12-30(13-11-29)35(33,34)21-16-27-22-20(21)7-3-9-26-22/h1-9,14-16H,10-13H2,(H,26,27)(H,28,31). The lowest BCUT2D eigenvalue weighted by atomic mass is 10.1. The molecule has 2 N–H and O–H groups in total. The summed E-state index contributed by atoms with van der Waals surface area (Å²) in [4.78, 5) is 38.3. The van der Waals surface area contributed by atoms with E-state index >= 15 is 0 Å². The van der Waals surface area contributed by atoms with Gasteiger partial charge in [0, 0.05) is 67.6 Å². The molecule has 178 valence electrons. The van der Waals surface area contributed by atoms with Gasteiger partial charge >= 0.3 is 0 Å². The molecule has 10 nitrogen and oxygen atoms in total. The van der Waals surface area contributed by atoms with Gasteiger partial charge in [-0.25, -0.2) is 13.4 Å². The first-order valence-corrected chi connectivity index (χ1v) is 12.4. The number of nitrogens with zero attached hydrogens (tertiary/aromatic N) is 4. The maximum Gasteiger partial charge on any atom is 0.257 e. The first-order chi connectivity index (χ1) is 16.9. The van der Waals surface area contributed by atoms with E-state index in [1.165, 1.54) is 16.7 Å². The van der Waals surface area contributed by atoms with Crippen molar-refractivity contribution < 1.29 is 18.0 Å². The van der Waals surface area contributed by atoms with Crippen LogP contribution in [-0.2, 0) is 10.0 Å². The zero-order valence-corrected chi connectivity index (χ0v) is 19.4. The Hall–Kier alpha value is -4.09. The van der Waals surface area contributed by atoms with E-state index < -0.39 is 10.0 Å². The van der Waals surface area contributed by atoms with Crippen LogP contribution in [0.5, 0.6) is 0 Å². The molecule has 2 amide bonds. The minimum Gasteiger partial charge on any atom is -0.345 e. The van der Waals surface area contributed by atoms with Crippen LogP contribution in [0.2, 0.25) is 0 Å². The third-order valence-electron chi connectivity index (χ3n) is 5.85. The Labute approximate surface area is 201 Å². The van der Waals surface area contributed by atoms with Crippen LogP contribution in [0, 0.1) is 0 Å². The van der Waals surface area contributed by atoms with E-state index in [0.717, 1.165) is 0 Å². The molecule has 0 spiro atoms. The van der Waals surface area contributed by atoms with E-state index in [1.54, 1.807) is 65.8 Å². The molecule has 0 atom stereocenters. The van der Waals surface area contributed by atoms with Gasteiger partial charge in [-0.05, 0) is 42.5 Å². The predicted octanol–water partition coefficient (Wildman–Crippen LogP) is 2.36. The van der Waals surface area contributed by atoms with Crippen LogP contribution in [-0.4, -0.2) is 70.6 Å². The molecule has 1 aliphatic heterocycles. The summed E-state index contributed by atoms with van der Waals surface area (Å²) in [6, 6.07) is 13.4. The fourth-order valence-electron chi connectivity index (χ4n) is 4.03. The van der Waals surface area contributed by atoms with Crippen molar-refractivity contribution in [2.75, 3.05) is 31.5 Å². The minimum absolute atomic E-state index is 0.178. The third-order valence-corrected chi connectivity index (χ3v) is 7.79. The monoisotopic (exact) mass is 490 g/mol. The summed E-state index contributed by atoms with van der Waals surface area (Å²) < 4.78 is 27.8. The van der Waals surface area contributed by atoms with Crippen molar-refractivity contribution in [3.63, 3.8) is 0 Å². The number of nitrogens with one attached hydrogen (secondary N) is 2. The molecule has 1 fully saturated rings. The Bertz CT molecular complexity index is 1490. The summed E-state index contributed by atoms with van der Waals surface area (Å²) in [5, 5.41) is 3.31. The number of H-pyrrole nitrogens is 1. The van der Waals surface area contributed by atoms with E-state index in [2.05, 4.69) is 20.3 Å². The molecule has 1 aliphatic rings. The molecule has 11 heteroatoms. The number of sulfonamides is 1. The number of anilines is 1. The van der Waals surface area contributed by atoms with Crippen LogP contribution in [0.3, 0.4) is 0 Å². The number of aromatic nitrogens is 3. The van der Waals surface area contributed by atoms with Gasteiger partial charge in [-0.1, -0.05) is 6.07 Å². The number of benzene rings is 1. The van der Waals surface area contributed by atoms with Crippen molar-refractivity contribution in [1.82, 2.24) is 24.2 Å². The van der Waals surface area contributed by atoms with Crippen molar-refractivity contribution in [2.45, 2.75) is 4.90 Å². The summed E-state index contributed by atoms with van der Waals surface area (Å²) in [7, 11) is -3.73. The van der Waals surface area contributed by atoms with Gasteiger partial charge in [0.1, 0.15) is 10.5 Å². The van der Waals surface area contributed by atoms with Crippen LogP contribution in [0.25, 0.3) is 11.0 Å². The number of rotatable bonds is 5. The lowest BCUT2D eigenvalue weighted by Crippen LogP contribution is -2.50. The number of fused-ring (bicyclic) bond motifs is 1. The fourth-order valence-corrected chi connectivity index (χ4v) is 5.60. The van der Waals surface area contributed by atoms with E-state index in [4.69, 9.17) is 0 Å². The Kier molecular flexibility index (Phi) is 6.01. The number of hydrogen-bond donors (Lipinski definition) is 2. The Morgan fingerprint density at radius 2 is 1.71 bits per heavy atom. The first-order valence-electron chi connectivity index (χ1n) is 11.0. The molecule has 4 aromatic rings. The van der Waals surface area contributed by atoms with Crippen LogP contribution >= 0.6 is 0 Å². The quantitative estimate of drug-likeness (QED) is 0.442. The second-order valence-electron chi connectivity index (χ2n) is 8.03. The van der Waals surface area contributed by atoms with Crippen molar-refractivity contribution in [1.29, 1.82) is 0 Å². The van der Waals surface area contributed by atoms with Gasteiger partial charge in [-0.2, -0.15) is 4.31 Å². The number of amides is 2. The Balaban J connectivity index is 1.25. The number of carbonyl (C=O) groups excluding carboxylic acids is 2. The zero-order valence-electron chi connectivity index (χ0n) is 18.6. The van der Waals surface area contributed by atoms with E-state index in [-0.39, 0.29) is 42.9 Å². The summed E-state index contributed by atoms with van der Waals surface area (Å²) in [5.74, 6) is -0.551. The summed E-state index contributed by atoms with van der Waals surface area (Å²) in [6.45, 7) is 0.868. The molecule has 0 bridgehead atoms. The van der Waals surface area contributed by atoms with Crippen molar-refractivity contribution in [3.8, 4) is 0 Å². The van der Waals surface area contributed by atoms with Crippen LogP contribution < -0.4 is 5.32 Å². The Morgan fingerprint density at radius 3 is 2.49 bits per heavy atom. The number of pyridine rings is 2. The van der Waals surface area contributed by atoms with Crippen LogP contribution in [0.1, 0.15) is 20.7 Å². The molecule has 0 saturated carbocycles. The lowest BCUT2D eigenvalue weighted by Gasteiger charge is -2.34. The maximum atomic E-state index is 13.2. The van der Waals surface area contributed by atoms with Gasteiger partial charge in [0.2, 0.25) is 10.0 Å². The molecular formula is C24H22N6O4S. The average Bonchev–Trinajstić information content (AvgIpc) is 3.34. The second-order valence-corrected chi connectivity index (χ2v) is 9.93. The molecule has 5 rings (SSSR count). The first kappa shape index (κ1) is 22.7. The highest BCUT2D eigenvalue weighted by Gasteiger charge is 2.32. The van der Waals surface area contributed by atoms with Gasteiger partial charge in [0.15, 0.2) is 0 Å². The summed E-state index contributed by atoms with van der Waals surface area (Å²) >= 11 is 0. The maximum absolute atomic E-state index is 13.2. The SMILES string of the molecule is O=C(Nc1cccc(C(=O)N2CCN(S(=O)(=O)c3c[nH]c4ncccc34)CC2)c1)c1cccnc1. The van der Waals surface area contributed by atoms with Crippen molar-refractivity contribution >= 4 is 38.6 Å². The molecular weight excluding hydrogens is 468 g/mol. The fraction of sp³-hybridized carbons (Fsp3) is 0.167. The third kappa shape index (κ3) is 4.51. The lowest BCUT2D eigenvalue weighted by molar-refractivity contribution is 0.0697. The smallest absolute Gasteiger partial charge is 0.257 e. The number of piperazine rings is 1. The van der Waals surface area contributed by atoms with Crippen LogP contribution in [0.4, 0.5) is 5.69 Å². The highest BCUT2D eigenvalue weighted by Crippen LogP contribution is 2.25. The number of aromatic amines is 1. The molecule has 1 aromatic carbocycles. The van der Waals surface area contributed by atoms with Gasteiger partial charge in [-0.15, -0.1) is 0 Å². The molecule has 3 aromatic heterocycles. The van der Waals surface area contributed by atoms with E-state index in [1.807, 2.05) is 0 Å². The van der Waals surface area contributed by atoms with Crippen LogP contribution in [0.15, 0.2) is 78.2 Å². The van der Waals surface area contributed by atoms with Gasteiger partial charge in [0.25, 0.3) is 11.8 Å². The highest BCUT2D eigenvalue weighted by atomic mass is 32.2.